The molecule has 1 unspecified atom stereocenters. The van der Waals surface area contributed by atoms with Gasteiger partial charge in [0.05, 0.1) is 18.6 Å². The molecule has 0 saturated carbocycles. The molecule has 1 aromatic carbocycles. The maximum atomic E-state index is 12.8. The lowest BCUT2D eigenvalue weighted by atomic mass is 9.99. The van der Waals surface area contributed by atoms with Gasteiger partial charge in [0.1, 0.15) is 11.3 Å². The number of rotatable bonds is 9. The number of ether oxygens (including phenoxy) is 1. The van der Waals surface area contributed by atoms with E-state index in [1.54, 1.807) is 0 Å². The first-order valence-electron chi connectivity index (χ1n) is 6.86. The Kier molecular flexibility index (Phi) is 6.87. The summed E-state index contributed by atoms with van der Waals surface area (Å²) < 4.78 is 31.5. The van der Waals surface area contributed by atoms with Gasteiger partial charge in [-0.05, 0) is 43.4 Å². The van der Waals surface area contributed by atoms with Gasteiger partial charge in [0.2, 0.25) is 10.0 Å². The molecule has 7 nitrogen and oxygen atoms in total. The highest BCUT2D eigenvalue weighted by molar-refractivity contribution is 7.89. The van der Waals surface area contributed by atoms with E-state index >= 15 is 0 Å². The number of carboxylic acid groups (broad SMARTS) is 1. The van der Waals surface area contributed by atoms with Crippen LogP contribution in [-0.2, 0) is 14.8 Å². The second-order valence-electron chi connectivity index (χ2n) is 5.03. The number of benzene rings is 1. The first-order chi connectivity index (χ1) is 10.7. The minimum Gasteiger partial charge on any atom is -0.497 e. The molecule has 0 spiro atoms. The number of carboxylic acids is 1. The van der Waals surface area contributed by atoms with Crippen molar-refractivity contribution in [3.63, 3.8) is 0 Å². The largest absolute Gasteiger partial charge is 0.497 e. The summed E-state index contributed by atoms with van der Waals surface area (Å²) in [4.78, 5) is 11.6. The second-order valence-corrected chi connectivity index (χ2v) is 7.34. The highest BCUT2D eigenvalue weighted by Gasteiger charge is 2.45. The van der Waals surface area contributed by atoms with Crippen LogP contribution >= 0.6 is 12.6 Å². The molecule has 0 bridgehead atoms. The molecular formula is C14H21NO6S2. The second kappa shape index (κ2) is 8.00. The predicted octanol–water partition coefficient (Wildman–Crippen LogP) is 0.841. The summed E-state index contributed by atoms with van der Waals surface area (Å²) in [6, 6.07) is 5.62. The van der Waals surface area contributed by atoms with Gasteiger partial charge in [0, 0.05) is 6.54 Å². The number of sulfonamides is 1. The Morgan fingerprint density at radius 2 is 1.91 bits per heavy atom. The molecule has 1 rings (SSSR count). The van der Waals surface area contributed by atoms with Crippen molar-refractivity contribution >= 4 is 28.6 Å². The maximum absolute atomic E-state index is 12.8. The minimum absolute atomic E-state index is 0.000823. The van der Waals surface area contributed by atoms with Gasteiger partial charge in [-0.3, -0.25) is 4.79 Å². The van der Waals surface area contributed by atoms with Gasteiger partial charge >= 0.3 is 5.97 Å². The number of nitrogens with zero attached hydrogens (tertiary/aromatic N) is 1. The zero-order valence-electron chi connectivity index (χ0n) is 13.0. The molecule has 0 aromatic heterocycles. The standard InChI is InChI=1S/C14H21NO6S2/c1-14(7-10-22,13(17)18)15(8-9-16)23(19,20)12-5-3-11(21-2)4-6-12/h3-6,16,22H,7-10H2,1-2H3,(H,17,18). The predicted molar refractivity (Wildman–Crippen MR) is 88.5 cm³/mol. The van der Waals surface area contributed by atoms with Crippen LogP contribution in [0.2, 0.25) is 0 Å². The van der Waals surface area contributed by atoms with Gasteiger partial charge < -0.3 is 14.9 Å². The number of hydrogen-bond acceptors (Lipinski definition) is 6. The first-order valence-corrected chi connectivity index (χ1v) is 8.93. The van der Waals surface area contributed by atoms with Gasteiger partial charge in [0.15, 0.2) is 0 Å². The molecule has 1 aromatic rings. The van der Waals surface area contributed by atoms with Crippen LogP contribution in [0.25, 0.3) is 0 Å². The molecule has 0 radical (unpaired) electrons. The van der Waals surface area contributed by atoms with Crippen molar-refractivity contribution in [1.29, 1.82) is 0 Å². The third kappa shape index (κ3) is 4.17. The Morgan fingerprint density at radius 1 is 1.35 bits per heavy atom. The molecule has 0 heterocycles. The number of aliphatic hydroxyl groups is 1. The highest BCUT2D eigenvalue weighted by atomic mass is 32.2. The topological polar surface area (TPSA) is 104 Å². The number of β-amino-alcohol motifs (C(OH)–C–C–N with tert-alkyl or cyclic N) is 1. The molecule has 0 amide bonds. The Morgan fingerprint density at radius 3 is 2.30 bits per heavy atom. The van der Waals surface area contributed by atoms with Crippen LogP contribution in [0, 0.1) is 0 Å². The number of hydrogen-bond donors (Lipinski definition) is 3. The van der Waals surface area contributed by atoms with Crippen molar-refractivity contribution in [3.8, 4) is 5.75 Å². The van der Waals surface area contributed by atoms with E-state index < -0.39 is 28.1 Å². The van der Waals surface area contributed by atoms with Gasteiger partial charge in [-0.15, -0.1) is 0 Å². The first kappa shape index (κ1) is 19.8. The van der Waals surface area contributed by atoms with E-state index in [9.17, 15) is 23.4 Å². The van der Waals surface area contributed by atoms with E-state index in [-0.39, 0.29) is 23.6 Å². The molecular weight excluding hydrogens is 342 g/mol. The van der Waals surface area contributed by atoms with E-state index in [0.29, 0.717) is 5.75 Å². The molecule has 130 valence electrons. The van der Waals surface area contributed by atoms with Crippen LogP contribution < -0.4 is 4.74 Å². The smallest absolute Gasteiger partial charge is 0.324 e. The summed E-state index contributed by atoms with van der Waals surface area (Å²) in [6.07, 6.45) is 0.000823. The SMILES string of the molecule is COc1ccc(S(=O)(=O)N(CCO)C(C)(CCS)C(=O)O)cc1. The van der Waals surface area contributed by atoms with E-state index in [1.165, 1.54) is 38.3 Å². The van der Waals surface area contributed by atoms with Gasteiger partial charge in [-0.25, -0.2) is 8.42 Å². The average molecular weight is 363 g/mol. The lowest BCUT2D eigenvalue weighted by molar-refractivity contribution is -0.147. The van der Waals surface area contributed by atoms with Crippen LogP contribution in [0.3, 0.4) is 0 Å². The van der Waals surface area contributed by atoms with Gasteiger partial charge in [-0.2, -0.15) is 16.9 Å². The Hall–Kier alpha value is -1.29. The summed E-state index contributed by atoms with van der Waals surface area (Å²) >= 11 is 4.02. The Balaban J connectivity index is 3.37. The molecule has 9 heteroatoms. The number of thiol groups is 1. The summed E-state index contributed by atoms with van der Waals surface area (Å²) in [5.41, 5.74) is -1.71. The van der Waals surface area contributed by atoms with Crippen molar-refractivity contribution in [2.24, 2.45) is 0 Å². The maximum Gasteiger partial charge on any atom is 0.324 e. The highest BCUT2D eigenvalue weighted by Crippen LogP contribution is 2.29. The van der Waals surface area contributed by atoms with Crippen LogP contribution in [-0.4, -0.2) is 60.5 Å². The molecule has 0 aliphatic rings. The minimum atomic E-state index is -4.11. The number of methoxy groups -OCH3 is 1. The van der Waals surface area contributed by atoms with E-state index in [1.807, 2.05) is 0 Å². The van der Waals surface area contributed by atoms with Crippen molar-refractivity contribution in [3.05, 3.63) is 24.3 Å². The van der Waals surface area contributed by atoms with Crippen molar-refractivity contribution in [1.82, 2.24) is 4.31 Å². The van der Waals surface area contributed by atoms with E-state index in [4.69, 9.17) is 4.74 Å². The third-order valence-electron chi connectivity index (χ3n) is 3.56. The monoisotopic (exact) mass is 363 g/mol. The van der Waals surface area contributed by atoms with Crippen LogP contribution in [0.4, 0.5) is 0 Å². The van der Waals surface area contributed by atoms with Gasteiger partial charge in [0.25, 0.3) is 0 Å². The zero-order valence-corrected chi connectivity index (χ0v) is 14.7. The number of aliphatic hydroxyl groups excluding tert-OH is 1. The van der Waals surface area contributed by atoms with E-state index in [2.05, 4.69) is 12.6 Å². The van der Waals surface area contributed by atoms with Gasteiger partial charge in [-0.1, -0.05) is 0 Å². The average Bonchev–Trinajstić information content (AvgIpc) is 2.52. The zero-order chi connectivity index (χ0) is 17.7. The molecule has 0 fully saturated rings. The quantitative estimate of drug-likeness (QED) is 0.562. The molecule has 1 atom stereocenters. The Labute approximate surface area is 141 Å². The summed E-state index contributed by atoms with van der Waals surface area (Å²) in [5, 5.41) is 18.7. The fraction of sp³-hybridized carbons (Fsp3) is 0.500. The van der Waals surface area contributed by atoms with Crippen molar-refractivity contribution in [2.45, 2.75) is 23.8 Å². The summed E-state index contributed by atoms with van der Waals surface area (Å²) in [6.45, 7) is 0.484. The Bertz CT molecular complexity index is 631. The molecule has 2 N–H and O–H groups in total. The summed E-state index contributed by atoms with van der Waals surface area (Å²) in [5.74, 6) is -0.630. The summed E-state index contributed by atoms with van der Waals surface area (Å²) in [7, 11) is -2.66. The number of aliphatic carboxylic acids is 1. The number of carbonyl (C=O) groups is 1. The molecule has 23 heavy (non-hydrogen) atoms. The normalized spacial score (nSPS) is 14.5. The lowest BCUT2D eigenvalue weighted by Crippen LogP contribution is -2.56. The molecule has 0 aliphatic carbocycles. The van der Waals surface area contributed by atoms with Crippen molar-refractivity contribution < 1.29 is 28.2 Å². The fourth-order valence-corrected chi connectivity index (χ4v) is 4.35. The van der Waals surface area contributed by atoms with Crippen LogP contribution in [0.15, 0.2) is 29.2 Å². The lowest BCUT2D eigenvalue weighted by Gasteiger charge is -2.36. The fourth-order valence-electron chi connectivity index (χ4n) is 2.15. The third-order valence-corrected chi connectivity index (χ3v) is 5.82. The van der Waals surface area contributed by atoms with E-state index in [0.717, 1.165) is 4.31 Å². The molecule has 0 saturated heterocycles. The van der Waals surface area contributed by atoms with Crippen LogP contribution in [0.1, 0.15) is 13.3 Å². The molecule has 0 aliphatic heterocycles. The van der Waals surface area contributed by atoms with Crippen molar-refractivity contribution in [2.75, 3.05) is 26.0 Å². The van der Waals surface area contributed by atoms with Crippen LogP contribution in [0.5, 0.6) is 5.75 Å².